The normalized spacial score (nSPS) is 12.8. The van der Waals surface area contributed by atoms with Crippen molar-refractivity contribution >= 4 is 16.8 Å². The highest BCUT2D eigenvalue weighted by molar-refractivity contribution is 6.63. The van der Waals surface area contributed by atoms with Gasteiger partial charge in [0.1, 0.15) is 0 Å². The summed E-state index contributed by atoms with van der Waals surface area (Å²) in [5.41, 5.74) is 0. The van der Waals surface area contributed by atoms with Gasteiger partial charge in [0.2, 0.25) is 5.24 Å². The zero-order chi connectivity index (χ0) is 6.57. The highest BCUT2D eigenvalue weighted by atomic mass is 35.5. The lowest BCUT2D eigenvalue weighted by atomic mass is 10.1. The average Bonchev–Trinajstić information content (AvgIpc) is 1.67. The number of hydrogen-bond acceptors (Lipinski definition) is 1. The largest absolute Gasteiger partial charge is 0.281 e. The second kappa shape index (κ2) is 3.67. The van der Waals surface area contributed by atoms with E-state index in [1.807, 2.05) is 0 Å². The summed E-state index contributed by atoms with van der Waals surface area (Å²) in [6, 6.07) is 0. The van der Waals surface area contributed by atoms with Crippen molar-refractivity contribution in [2.24, 2.45) is 5.92 Å². The molecule has 0 aliphatic heterocycles. The molecule has 0 saturated carbocycles. The maximum atomic E-state index is 10.3. The van der Waals surface area contributed by atoms with Crippen LogP contribution in [0.3, 0.4) is 0 Å². The summed E-state index contributed by atoms with van der Waals surface area (Å²) in [4.78, 5) is 10.3. The number of carbonyl (C=O) groups is 1. The first-order chi connectivity index (χ1) is 3.68. The van der Waals surface area contributed by atoms with Crippen molar-refractivity contribution in [1.82, 2.24) is 0 Å². The van der Waals surface area contributed by atoms with E-state index < -0.39 is 0 Å². The van der Waals surface area contributed by atoms with Crippen molar-refractivity contribution in [3.8, 4) is 0 Å². The monoisotopic (exact) mass is 132 g/mol. The van der Waals surface area contributed by atoms with Gasteiger partial charge in [-0.3, -0.25) is 4.79 Å². The predicted molar refractivity (Wildman–Crippen MR) is 34.8 cm³/mol. The Labute approximate surface area is 54.3 Å². The van der Waals surface area contributed by atoms with E-state index in [0.717, 1.165) is 0 Å². The van der Waals surface area contributed by atoms with Crippen LogP contribution in [-0.4, -0.2) is 5.24 Å². The van der Waals surface area contributed by atoms with E-state index in [2.05, 4.69) is 6.58 Å². The van der Waals surface area contributed by atoms with E-state index in [1.54, 1.807) is 13.0 Å². The molecule has 0 aliphatic rings. The molecule has 0 radical (unpaired) electrons. The number of allylic oxidation sites excluding steroid dienone is 1. The molecule has 0 aromatic rings. The van der Waals surface area contributed by atoms with Gasteiger partial charge >= 0.3 is 0 Å². The van der Waals surface area contributed by atoms with E-state index >= 15 is 0 Å². The molecule has 1 nitrogen and oxygen atoms in total. The Morgan fingerprint density at radius 3 is 2.62 bits per heavy atom. The summed E-state index contributed by atoms with van der Waals surface area (Å²) in [6.07, 6.45) is 2.35. The molecule has 0 aliphatic carbocycles. The minimum atomic E-state index is -0.287. The molecule has 1 unspecified atom stereocenters. The molecule has 8 heavy (non-hydrogen) atoms. The van der Waals surface area contributed by atoms with Crippen LogP contribution in [0.4, 0.5) is 0 Å². The second-order valence-electron chi connectivity index (χ2n) is 1.73. The molecule has 0 rings (SSSR count). The van der Waals surface area contributed by atoms with Gasteiger partial charge in [0.15, 0.2) is 0 Å². The Hall–Kier alpha value is -0.300. The molecular weight excluding hydrogens is 124 g/mol. The smallest absolute Gasteiger partial charge is 0.224 e. The topological polar surface area (TPSA) is 17.1 Å². The zero-order valence-corrected chi connectivity index (χ0v) is 5.61. The maximum Gasteiger partial charge on any atom is 0.224 e. The molecule has 0 bridgehead atoms. The van der Waals surface area contributed by atoms with Crippen molar-refractivity contribution in [2.75, 3.05) is 0 Å². The highest BCUT2D eigenvalue weighted by Gasteiger charge is 2.05. The number of rotatable bonds is 3. The molecule has 0 aromatic heterocycles. The van der Waals surface area contributed by atoms with Crippen molar-refractivity contribution in [1.29, 1.82) is 0 Å². The van der Waals surface area contributed by atoms with Crippen LogP contribution < -0.4 is 0 Å². The van der Waals surface area contributed by atoms with E-state index in [0.29, 0.717) is 6.42 Å². The third-order valence-electron chi connectivity index (χ3n) is 0.908. The SMILES string of the molecule is C=CCC(C)C(=O)Cl. The number of carbonyl (C=O) groups excluding carboxylic acids is 1. The minimum absolute atomic E-state index is 0.0748. The van der Waals surface area contributed by atoms with Gasteiger partial charge in [0.25, 0.3) is 0 Å². The van der Waals surface area contributed by atoms with Crippen LogP contribution in [-0.2, 0) is 4.79 Å². The quantitative estimate of drug-likeness (QED) is 0.424. The van der Waals surface area contributed by atoms with Crippen LogP contribution in [0.15, 0.2) is 12.7 Å². The van der Waals surface area contributed by atoms with Crippen molar-refractivity contribution < 1.29 is 4.79 Å². The fourth-order valence-corrected chi connectivity index (χ4v) is 0.432. The predicted octanol–water partition coefficient (Wildman–Crippen LogP) is 1.96. The molecule has 0 fully saturated rings. The van der Waals surface area contributed by atoms with Gasteiger partial charge in [0, 0.05) is 5.92 Å². The van der Waals surface area contributed by atoms with Crippen LogP contribution in [0.2, 0.25) is 0 Å². The Balaban J connectivity index is 3.46. The van der Waals surface area contributed by atoms with Crippen molar-refractivity contribution in [3.63, 3.8) is 0 Å². The lowest BCUT2D eigenvalue weighted by Gasteiger charge is -1.97. The van der Waals surface area contributed by atoms with Gasteiger partial charge in [-0.25, -0.2) is 0 Å². The summed E-state index contributed by atoms with van der Waals surface area (Å²) < 4.78 is 0. The van der Waals surface area contributed by atoms with Crippen LogP contribution >= 0.6 is 11.6 Å². The van der Waals surface area contributed by atoms with E-state index in [1.165, 1.54) is 0 Å². The molecule has 1 atom stereocenters. The fourth-order valence-electron chi connectivity index (χ4n) is 0.343. The van der Waals surface area contributed by atoms with Crippen LogP contribution in [0.5, 0.6) is 0 Å². The lowest BCUT2D eigenvalue weighted by Crippen LogP contribution is -2.00. The molecule has 0 amide bonds. The number of hydrogen-bond donors (Lipinski definition) is 0. The fraction of sp³-hybridized carbons (Fsp3) is 0.500. The third-order valence-corrected chi connectivity index (χ3v) is 1.28. The Morgan fingerprint density at radius 1 is 2.00 bits per heavy atom. The van der Waals surface area contributed by atoms with E-state index in [-0.39, 0.29) is 11.2 Å². The van der Waals surface area contributed by atoms with Gasteiger partial charge in [-0.05, 0) is 18.0 Å². The van der Waals surface area contributed by atoms with Gasteiger partial charge in [-0.1, -0.05) is 13.0 Å². The molecule has 2 heteroatoms. The molecular formula is C6H9ClO. The average molecular weight is 133 g/mol. The first kappa shape index (κ1) is 7.70. The summed E-state index contributed by atoms with van der Waals surface area (Å²) in [6.45, 7) is 5.25. The highest BCUT2D eigenvalue weighted by Crippen LogP contribution is 2.05. The zero-order valence-electron chi connectivity index (χ0n) is 4.86. The summed E-state index contributed by atoms with van der Waals surface area (Å²) in [7, 11) is 0. The summed E-state index contributed by atoms with van der Waals surface area (Å²) in [5, 5.41) is -0.287. The van der Waals surface area contributed by atoms with Gasteiger partial charge in [-0.15, -0.1) is 6.58 Å². The molecule has 0 spiro atoms. The van der Waals surface area contributed by atoms with Crippen LogP contribution in [0.1, 0.15) is 13.3 Å². The molecule has 0 saturated heterocycles. The van der Waals surface area contributed by atoms with Crippen LogP contribution in [0.25, 0.3) is 0 Å². The van der Waals surface area contributed by atoms with Crippen LogP contribution in [0, 0.1) is 5.92 Å². The Morgan fingerprint density at radius 2 is 2.50 bits per heavy atom. The molecule has 0 heterocycles. The lowest BCUT2D eigenvalue weighted by molar-refractivity contribution is -0.114. The third kappa shape index (κ3) is 2.80. The molecule has 0 aromatic carbocycles. The van der Waals surface area contributed by atoms with Gasteiger partial charge < -0.3 is 0 Å². The second-order valence-corrected chi connectivity index (χ2v) is 2.10. The molecule has 46 valence electrons. The van der Waals surface area contributed by atoms with Gasteiger partial charge in [-0.2, -0.15) is 0 Å². The maximum absolute atomic E-state index is 10.3. The first-order valence-electron chi connectivity index (χ1n) is 2.48. The summed E-state index contributed by atoms with van der Waals surface area (Å²) in [5.74, 6) is -0.0748. The number of halogens is 1. The minimum Gasteiger partial charge on any atom is -0.281 e. The van der Waals surface area contributed by atoms with Gasteiger partial charge in [0.05, 0.1) is 0 Å². The van der Waals surface area contributed by atoms with Crippen molar-refractivity contribution in [2.45, 2.75) is 13.3 Å². The van der Waals surface area contributed by atoms with E-state index in [4.69, 9.17) is 11.6 Å². The summed E-state index contributed by atoms with van der Waals surface area (Å²) >= 11 is 5.12. The standard InChI is InChI=1S/C6H9ClO/c1-3-4-5(2)6(7)8/h3,5H,1,4H2,2H3. The molecule has 0 N–H and O–H groups in total. The Kier molecular flexibility index (Phi) is 3.53. The van der Waals surface area contributed by atoms with E-state index in [9.17, 15) is 4.79 Å². The van der Waals surface area contributed by atoms with Crippen molar-refractivity contribution in [3.05, 3.63) is 12.7 Å². The Bertz CT molecular complexity index is 98.7. The first-order valence-corrected chi connectivity index (χ1v) is 2.86.